The normalized spacial score (nSPS) is 25.4. The first-order chi connectivity index (χ1) is 14.1. The van der Waals surface area contributed by atoms with E-state index < -0.39 is 5.97 Å². The van der Waals surface area contributed by atoms with Gasteiger partial charge in [-0.15, -0.1) is 0 Å². The highest BCUT2D eigenvalue weighted by atomic mass is 16.6. The first kappa shape index (κ1) is 19.3. The zero-order valence-electron chi connectivity index (χ0n) is 15.7. The van der Waals surface area contributed by atoms with Crippen molar-refractivity contribution in [3.05, 3.63) is 42.6 Å². The Balaban J connectivity index is 1.36. The maximum atomic E-state index is 11.9. The lowest BCUT2D eigenvalue weighted by atomic mass is 10.1. The lowest BCUT2D eigenvalue weighted by Crippen LogP contribution is -2.44. The number of nitrogens with one attached hydrogen (secondary N) is 2. The summed E-state index contributed by atoms with van der Waals surface area (Å²) in [5, 5.41) is 14.8. The summed E-state index contributed by atoms with van der Waals surface area (Å²) >= 11 is 0. The maximum absolute atomic E-state index is 11.9. The van der Waals surface area contributed by atoms with Gasteiger partial charge in [-0.3, -0.25) is 9.59 Å². The molecule has 0 aliphatic carbocycles. The Morgan fingerprint density at radius 1 is 1.03 bits per heavy atom. The molecule has 4 atom stereocenters. The molecule has 2 fully saturated rings. The number of aliphatic carboxylic acids is 1. The summed E-state index contributed by atoms with van der Waals surface area (Å²) in [6.07, 6.45) is 0.896. The number of hydrogen-bond donors (Lipinski definition) is 3. The minimum atomic E-state index is -1.00. The molecule has 0 unspecified atom stereocenters. The third-order valence-corrected chi connectivity index (χ3v) is 5.01. The minimum absolute atomic E-state index is 0.0645. The van der Waals surface area contributed by atoms with Crippen LogP contribution in [-0.2, 0) is 19.1 Å². The number of nitrogens with zero attached hydrogens (tertiary/aromatic N) is 2. The van der Waals surface area contributed by atoms with Gasteiger partial charge in [0.15, 0.2) is 0 Å². The Morgan fingerprint density at radius 2 is 1.76 bits per heavy atom. The second-order valence-corrected chi connectivity index (χ2v) is 7.05. The van der Waals surface area contributed by atoms with E-state index in [1.165, 1.54) is 0 Å². The van der Waals surface area contributed by atoms with E-state index in [0.29, 0.717) is 19.2 Å². The number of amides is 1. The van der Waals surface area contributed by atoms with Crippen LogP contribution in [0, 0.1) is 0 Å². The number of benzene rings is 1. The summed E-state index contributed by atoms with van der Waals surface area (Å²) < 4.78 is 11.7. The van der Waals surface area contributed by atoms with E-state index in [-0.39, 0.29) is 43.0 Å². The molecular formula is C20H22N4O5. The lowest BCUT2D eigenvalue weighted by Gasteiger charge is -2.18. The van der Waals surface area contributed by atoms with Crippen LogP contribution in [0.15, 0.2) is 42.6 Å². The van der Waals surface area contributed by atoms with Crippen LogP contribution in [0.4, 0.5) is 5.95 Å². The van der Waals surface area contributed by atoms with Crippen molar-refractivity contribution in [3.63, 3.8) is 0 Å². The third kappa shape index (κ3) is 4.52. The Hall–Kier alpha value is -3.04. The first-order valence-electron chi connectivity index (χ1n) is 9.49. The Bertz CT molecular complexity index is 878. The van der Waals surface area contributed by atoms with E-state index in [4.69, 9.17) is 14.6 Å². The number of carbonyl (C=O) groups is 2. The molecule has 1 aromatic heterocycles. The summed E-state index contributed by atoms with van der Waals surface area (Å²) in [6, 6.07) is 11.2. The fourth-order valence-electron chi connectivity index (χ4n) is 3.61. The van der Waals surface area contributed by atoms with Crippen LogP contribution in [0.2, 0.25) is 0 Å². The molecule has 2 aliphatic rings. The average Bonchev–Trinajstić information content (AvgIpc) is 3.31. The predicted octanol–water partition coefficient (Wildman–Crippen LogP) is 1.07. The van der Waals surface area contributed by atoms with E-state index >= 15 is 0 Å². The lowest BCUT2D eigenvalue weighted by molar-refractivity contribution is -0.139. The molecule has 1 amide bonds. The van der Waals surface area contributed by atoms with Crippen molar-refractivity contribution >= 4 is 17.8 Å². The van der Waals surface area contributed by atoms with Crippen molar-refractivity contribution in [3.8, 4) is 11.3 Å². The number of carboxylic acids is 1. The monoisotopic (exact) mass is 398 g/mol. The number of hydrogen-bond acceptors (Lipinski definition) is 7. The summed E-state index contributed by atoms with van der Waals surface area (Å²) in [7, 11) is 0. The van der Waals surface area contributed by atoms with Gasteiger partial charge < -0.3 is 25.2 Å². The summed E-state index contributed by atoms with van der Waals surface area (Å²) in [5.74, 6) is -0.835. The van der Waals surface area contributed by atoms with Crippen molar-refractivity contribution in [2.24, 2.45) is 0 Å². The first-order valence-corrected chi connectivity index (χ1v) is 9.49. The zero-order chi connectivity index (χ0) is 20.2. The number of ether oxygens (including phenoxy) is 2. The predicted molar refractivity (Wildman–Crippen MR) is 103 cm³/mol. The number of fused-ring (bicyclic) bond motifs is 1. The van der Waals surface area contributed by atoms with E-state index in [1.54, 1.807) is 6.20 Å². The summed E-state index contributed by atoms with van der Waals surface area (Å²) in [6.45, 7) is 0.715. The second kappa shape index (κ2) is 8.54. The molecule has 2 saturated heterocycles. The molecule has 0 spiro atoms. The van der Waals surface area contributed by atoms with Gasteiger partial charge in [-0.1, -0.05) is 30.3 Å². The van der Waals surface area contributed by atoms with Gasteiger partial charge in [-0.05, 0) is 6.07 Å². The maximum Gasteiger partial charge on any atom is 0.303 e. The molecule has 29 heavy (non-hydrogen) atoms. The Labute approximate surface area is 167 Å². The van der Waals surface area contributed by atoms with E-state index in [2.05, 4.69) is 20.6 Å². The molecule has 1 aromatic carbocycles. The number of rotatable bonds is 7. The fraction of sp³-hybridized carbons (Fsp3) is 0.400. The molecule has 0 saturated carbocycles. The molecule has 9 heteroatoms. The van der Waals surface area contributed by atoms with Gasteiger partial charge in [0.2, 0.25) is 11.9 Å². The smallest absolute Gasteiger partial charge is 0.303 e. The van der Waals surface area contributed by atoms with Crippen LogP contribution >= 0.6 is 0 Å². The fourth-order valence-corrected chi connectivity index (χ4v) is 3.61. The second-order valence-electron chi connectivity index (χ2n) is 7.05. The van der Waals surface area contributed by atoms with Gasteiger partial charge in [-0.2, -0.15) is 0 Å². The highest BCUT2D eigenvalue weighted by molar-refractivity contribution is 5.80. The summed E-state index contributed by atoms with van der Waals surface area (Å²) in [4.78, 5) is 31.4. The average molecular weight is 398 g/mol. The quantitative estimate of drug-likeness (QED) is 0.633. The van der Waals surface area contributed by atoms with Crippen LogP contribution in [-0.4, -0.2) is 64.5 Å². The molecule has 4 rings (SSSR count). The molecule has 3 N–H and O–H groups in total. The number of carbonyl (C=O) groups excluding carboxylic acids is 1. The van der Waals surface area contributed by atoms with Gasteiger partial charge in [0.25, 0.3) is 0 Å². The van der Waals surface area contributed by atoms with Crippen molar-refractivity contribution in [1.82, 2.24) is 15.3 Å². The zero-order valence-corrected chi connectivity index (χ0v) is 15.7. The standard InChI is InChI=1S/C20H22N4O5/c25-16(6-7-17(26)27)22-14-10-28-19-15(11-29-18(14)19)24-20-21-9-8-13(23-20)12-4-2-1-3-5-12/h1-5,8-9,14-15,18-19H,6-7,10-11H2,(H,22,25)(H,26,27)(H,21,23,24)/t14-,15-,18+,19+/m0/s1. The topological polar surface area (TPSA) is 123 Å². The number of aromatic nitrogens is 2. The van der Waals surface area contributed by atoms with E-state index in [9.17, 15) is 9.59 Å². The SMILES string of the molecule is O=C(O)CCC(=O)N[C@H]1CO[C@H]2[C@@H]1OC[C@@H]2Nc1nccc(-c2ccccc2)n1. The van der Waals surface area contributed by atoms with Crippen molar-refractivity contribution in [1.29, 1.82) is 0 Å². The van der Waals surface area contributed by atoms with Crippen LogP contribution < -0.4 is 10.6 Å². The van der Waals surface area contributed by atoms with E-state index in [0.717, 1.165) is 11.3 Å². The van der Waals surface area contributed by atoms with Gasteiger partial charge >= 0.3 is 5.97 Å². The molecule has 2 aromatic rings. The van der Waals surface area contributed by atoms with Crippen LogP contribution in [0.3, 0.4) is 0 Å². The van der Waals surface area contributed by atoms with Crippen LogP contribution in [0.1, 0.15) is 12.8 Å². The highest BCUT2D eigenvalue weighted by Gasteiger charge is 2.48. The third-order valence-electron chi connectivity index (χ3n) is 5.01. The molecule has 3 heterocycles. The van der Waals surface area contributed by atoms with Crippen LogP contribution in [0.5, 0.6) is 0 Å². The van der Waals surface area contributed by atoms with E-state index in [1.807, 2.05) is 36.4 Å². The Morgan fingerprint density at radius 3 is 2.52 bits per heavy atom. The van der Waals surface area contributed by atoms with Crippen molar-refractivity contribution in [2.45, 2.75) is 37.1 Å². The summed E-state index contributed by atoms with van der Waals surface area (Å²) in [5.41, 5.74) is 1.81. The Kier molecular flexibility index (Phi) is 5.68. The van der Waals surface area contributed by atoms with Gasteiger partial charge in [0.1, 0.15) is 12.2 Å². The number of anilines is 1. The highest BCUT2D eigenvalue weighted by Crippen LogP contribution is 2.29. The molecular weight excluding hydrogens is 376 g/mol. The van der Waals surface area contributed by atoms with Gasteiger partial charge in [0, 0.05) is 18.2 Å². The van der Waals surface area contributed by atoms with Gasteiger partial charge in [-0.25, -0.2) is 9.97 Å². The van der Waals surface area contributed by atoms with Gasteiger partial charge in [0.05, 0.1) is 37.4 Å². The largest absolute Gasteiger partial charge is 0.481 e. The number of carboxylic acid groups (broad SMARTS) is 1. The molecule has 152 valence electrons. The molecule has 9 nitrogen and oxygen atoms in total. The minimum Gasteiger partial charge on any atom is -0.481 e. The molecule has 0 bridgehead atoms. The van der Waals surface area contributed by atoms with Crippen LogP contribution in [0.25, 0.3) is 11.3 Å². The molecule has 0 radical (unpaired) electrons. The van der Waals surface area contributed by atoms with Crippen molar-refractivity contribution < 1.29 is 24.2 Å². The van der Waals surface area contributed by atoms with Crippen molar-refractivity contribution in [2.75, 3.05) is 18.5 Å². The molecule has 2 aliphatic heterocycles.